The predicted molar refractivity (Wildman–Crippen MR) is 89.9 cm³/mol. The van der Waals surface area contributed by atoms with Gasteiger partial charge >= 0.3 is 0 Å². The number of aryl methyl sites for hydroxylation is 2. The third kappa shape index (κ3) is 3.39. The van der Waals surface area contributed by atoms with Gasteiger partial charge in [-0.1, -0.05) is 6.92 Å². The highest BCUT2D eigenvalue weighted by Gasteiger charge is 2.27. The molecule has 1 atom stereocenters. The maximum Gasteiger partial charge on any atom is 0.274 e. The molecule has 2 aromatic heterocycles. The van der Waals surface area contributed by atoms with Gasteiger partial charge in [0.2, 0.25) is 0 Å². The van der Waals surface area contributed by atoms with E-state index < -0.39 is 0 Å². The van der Waals surface area contributed by atoms with Crippen LogP contribution in [0.1, 0.15) is 48.3 Å². The quantitative estimate of drug-likeness (QED) is 0.855. The van der Waals surface area contributed by atoms with E-state index in [4.69, 9.17) is 0 Å². The third-order valence-electron chi connectivity index (χ3n) is 4.31. The lowest BCUT2D eigenvalue weighted by atomic mass is 10.1. The van der Waals surface area contributed by atoms with Crippen molar-refractivity contribution < 1.29 is 4.79 Å². The molecule has 3 rings (SSSR count). The summed E-state index contributed by atoms with van der Waals surface area (Å²) in [6.45, 7) is 5.84. The molecule has 24 heavy (non-hydrogen) atoms. The molecule has 0 aromatic carbocycles. The lowest BCUT2D eigenvalue weighted by Gasteiger charge is -2.32. The van der Waals surface area contributed by atoms with Gasteiger partial charge in [-0.15, -0.1) is 0 Å². The number of carbonyl (C=O) groups excluding carboxylic acids is 1. The molecule has 3 heterocycles. The van der Waals surface area contributed by atoms with Crippen LogP contribution >= 0.6 is 0 Å². The Bertz CT molecular complexity index is 779. The van der Waals surface area contributed by atoms with Crippen LogP contribution in [0.4, 0.5) is 0 Å². The number of piperidine rings is 1. The Hall–Kier alpha value is -2.44. The van der Waals surface area contributed by atoms with Crippen LogP contribution < -0.4 is 5.56 Å². The van der Waals surface area contributed by atoms with E-state index in [9.17, 15) is 9.59 Å². The van der Waals surface area contributed by atoms with Crippen molar-refractivity contribution in [2.45, 2.75) is 45.7 Å². The highest BCUT2D eigenvalue weighted by atomic mass is 16.2. The molecule has 0 N–H and O–H groups in total. The topological polar surface area (TPSA) is 73.0 Å². The first kappa shape index (κ1) is 16.4. The number of hydrogen-bond donors (Lipinski definition) is 0. The number of carbonyl (C=O) groups is 1. The number of amides is 1. The second kappa shape index (κ2) is 6.98. The lowest BCUT2D eigenvalue weighted by Crippen LogP contribution is -2.41. The molecular weight excluding hydrogens is 306 g/mol. The lowest BCUT2D eigenvalue weighted by molar-refractivity contribution is 0.0664. The van der Waals surface area contributed by atoms with Crippen LogP contribution in [0.3, 0.4) is 0 Å². The van der Waals surface area contributed by atoms with Crippen molar-refractivity contribution in [1.29, 1.82) is 0 Å². The minimum Gasteiger partial charge on any atom is -0.335 e. The van der Waals surface area contributed by atoms with Crippen molar-refractivity contribution in [3.8, 4) is 0 Å². The summed E-state index contributed by atoms with van der Waals surface area (Å²) in [4.78, 5) is 26.3. The summed E-state index contributed by atoms with van der Waals surface area (Å²) in [5.74, 6) is -0.117. The van der Waals surface area contributed by atoms with Crippen LogP contribution in [0.15, 0.2) is 29.3 Å². The normalized spacial score (nSPS) is 17.9. The zero-order valence-electron chi connectivity index (χ0n) is 14.2. The summed E-state index contributed by atoms with van der Waals surface area (Å²) >= 11 is 0. The van der Waals surface area contributed by atoms with Gasteiger partial charge in [0.05, 0.1) is 12.2 Å². The largest absolute Gasteiger partial charge is 0.335 e. The first-order chi connectivity index (χ1) is 11.6. The minimum absolute atomic E-state index is 0.117. The molecule has 1 aliphatic heterocycles. The first-order valence-electron chi connectivity index (χ1n) is 8.46. The molecule has 0 saturated carbocycles. The van der Waals surface area contributed by atoms with Gasteiger partial charge in [0, 0.05) is 31.9 Å². The van der Waals surface area contributed by atoms with Crippen LogP contribution in [0.25, 0.3) is 0 Å². The van der Waals surface area contributed by atoms with E-state index in [0.717, 1.165) is 24.8 Å². The Morgan fingerprint density at radius 2 is 2.21 bits per heavy atom. The Kier molecular flexibility index (Phi) is 4.78. The average molecular weight is 329 g/mol. The SMILES string of the molecule is CCCn1nc(C(=O)N2CCCC(n3cc(C)cn3)C2)ccc1=O. The third-order valence-corrected chi connectivity index (χ3v) is 4.31. The molecule has 1 fully saturated rings. The van der Waals surface area contributed by atoms with Gasteiger partial charge in [-0.3, -0.25) is 14.3 Å². The maximum absolute atomic E-state index is 12.8. The summed E-state index contributed by atoms with van der Waals surface area (Å²) in [6.07, 6.45) is 6.59. The van der Waals surface area contributed by atoms with E-state index in [1.54, 1.807) is 0 Å². The Labute approximate surface area is 140 Å². The van der Waals surface area contributed by atoms with Crippen molar-refractivity contribution in [3.05, 3.63) is 46.1 Å². The summed E-state index contributed by atoms with van der Waals surface area (Å²) in [5.41, 5.74) is 1.28. The standard InChI is InChI=1S/C17H23N5O2/c1-3-8-21-16(23)7-6-15(19-21)17(24)20-9-4-5-14(12-20)22-11-13(2)10-18-22/h6-7,10-11,14H,3-5,8-9,12H2,1-2H3. The molecule has 7 heteroatoms. The van der Waals surface area contributed by atoms with Crippen molar-refractivity contribution in [2.75, 3.05) is 13.1 Å². The van der Waals surface area contributed by atoms with Gasteiger partial charge < -0.3 is 4.90 Å². The van der Waals surface area contributed by atoms with E-state index in [-0.39, 0.29) is 17.5 Å². The van der Waals surface area contributed by atoms with Crippen LogP contribution in [-0.2, 0) is 6.54 Å². The molecule has 0 spiro atoms. The molecule has 1 unspecified atom stereocenters. The van der Waals surface area contributed by atoms with E-state index in [1.807, 2.05) is 35.8 Å². The molecule has 0 bridgehead atoms. The molecule has 7 nitrogen and oxygen atoms in total. The summed E-state index contributed by atoms with van der Waals surface area (Å²) < 4.78 is 3.31. The molecular formula is C17H23N5O2. The number of nitrogens with zero attached hydrogens (tertiary/aromatic N) is 5. The Morgan fingerprint density at radius 3 is 2.92 bits per heavy atom. The van der Waals surface area contributed by atoms with Gasteiger partial charge in [0.25, 0.3) is 11.5 Å². The molecule has 0 aliphatic carbocycles. The first-order valence-corrected chi connectivity index (χ1v) is 8.46. The van der Waals surface area contributed by atoms with E-state index in [1.165, 1.54) is 16.8 Å². The van der Waals surface area contributed by atoms with Crippen molar-refractivity contribution in [2.24, 2.45) is 0 Å². The second-order valence-electron chi connectivity index (χ2n) is 6.32. The van der Waals surface area contributed by atoms with Gasteiger partial charge in [-0.25, -0.2) is 4.68 Å². The highest BCUT2D eigenvalue weighted by molar-refractivity contribution is 5.92. The van der Waals surface area contributed by atoms with Crippen LogP contribution in [0.5, 0.6) is 0 Å². The fourth-order valence-corrected chi connectivity index (χ4v) is 3.08. The summed E-state index contributed by atoms with van der Waals surface area (Å²) in [5, 5.41) is 8.60. The second-order valence-corrected chi connectivity index (χ2v) is 6.32. The molecule has 1 amide bonds. The zero-order chi connectivity index (χ0) is 17.1. The molecule has 1 aliphatic rings. The predicted octanol–water partition coefficient (Wildman–Crippen LogP) is 1.64. The number of aromatic nitrogens is 4. The van der Waals surface area contributed by atoms with Crippen molar-refractivity contribution >= 4 is 5.91 Å². The van der Waals surface area contributed by atoms with Gasteiger partial charge in [-0.2, -0.15) is 10.2 Å². The molecule has 128 valence electrons. The van der Waals surface area contributed by atoms with Gasteiger partial charge in [0.15, 0.2) is 0 Å². The number of hydrogen-bond acceptors (Lipinski definition) is 4. The molecule has 1 saturated heterocycles. The van der Waals surface area contributed by atoms with Crippen LogP contribution in [0.2, 0.25) is 0 Å². The fourth-order valence-electron chi connectivity index (χ4n) is 3.08. The fraction of sp³-hybridized carbons (Fsp3) is 0.529. The average Bonchev–Trinajstić information content (AvgIpc) is 3.03. The minimum atomic E-state index is -0.170. The van der Waals surface area contributed by atoms with Gasteiger partial charge in [-0.05, 0) is 37.8 Å². The van der Waals surface area contributed by atoms with Crippen molar-refractivity contribution in [1.82, 2.24) is 24.5 Å². The maximum atomic E-state index is 12.8. The Balaban J connectivity index is 1.77. The van der Waals surface area contributed by atoms with E-state index in [2.05, 4.69) is 10.2 Å². The molecule has 0 radical (unpaired) electrons. The number of likely N-dealkylation sites (tertiary alicyclic amines) is 1. The van der Waals surface area contributed by atoms with Crippen LogP contribution in [-0.4, -0.2) is 43.5 Å². The van der Waals surface area contributed by atoms with E-state index in [0.29, 0.717) is 25.3 Å². The highest BCUT2D eigenvalue weighted by Crippen LogP contribution is 2.22. The Morgan fingerprint density at radius 1 is 1.38 bits per heavy atom. The van der Waals surface area contributed by atoms with E-state index >= 15 is 0 Å². The molecule has 2 aromatic rings. The van der Waals surface area contributed by atoms with Gasteiger partial charge in [0.1, 0.15) is 5.69 Å². The number of rotatable bonds is 4. The summed E-state index contributed by atoms with van der Waals surface area (Å²) in [6, 6.07) is 3.14. The van der Waals surface area contributed by atoms with Crippen molar-refractivity contribution in [3.63, 3.8) is 0 Å². The van der Waals surface area contributed by atoms with Crippen LogP contribution in [0, 0.1) is 6.92 Å². The zero-order valence-corrected chi connectivity index (χ0v) is 14.2. The monoisotopic (exact) mass is 329 g/mol. The summed E-state index contributed by atoms with van der Waals surface area (Å²) in [7, 11) is 0. The smallest absolute Gasteiger partial charge is 0.274 e.